The van der Waals surface area contributed by atoms with Crippen LogP contribution in [0.3, 0.4) is 0 Å². The highest BCUT2D eigenvalue weighted by Crippen LogP contribution is 2.17. The van der Waals surface area contributed by atoms with Crippen molar-refractivity contribution in [2.75, 3.05) is 25.0 Å². The molecule has 0 saturated carbocycles. The minimum atomic E-state index is 0.780. The molecule has 0 bridgehead atoms. The Labute approximate surface area is 111 Å². The van der Waals surface area contributed by atoms with Crippen molar-refractivity contribution in [2.24, 2.45) is 5.73 Å². The van der Waals surface area contributed by atoms with Gasteiger partial charge in [0.2, 0.25) is 0 Å². The van der Waals surface area contributed by atoms with Crippen LogP contribution >= 0.6 is 0 Å². The lowest BCUT2D eigenvalue weighted by atomic mass is 10.2. The number of anilines is 1. The SMILES string of the molecule is CCCOc1cccc(NCCCCCCN)c1. The summed E-state index contributed by atoms with van der Waals surface area (Å²) < 4.78 is 5.60. The zero-order valence-corrected chi connectivity index (χ0v) is 11.5. The first-order chi connectivity index (χ1) is 8.86. The lowest BCUT2D eigenvalue weighted by Gasteiger charge is -2.09. The zero-order valence-electron chi connectivity index (χ0n) is 11.5. The number of nitrogens with one attached hydrogen (secondary N) is 1. The van der Waals surface area contributed by atoms with Crippen LogP contribution in [-0.2, 0) is 0 Å². The van der Waals surface area contributed by atoms with Crippen LogP contribution in [0.2, 0.25) is 0 Å². The highest BCUT2D eigenvalue weighted by Gasteiger charge is 1.96. The summed E-state index contributed by atoms with van der Waals surface area (Å²) in [5, 5.41) is 3.43. The van der Waals surface area contributed by atoms with Gasteiger partial charge in [-0.15, -0.1) is 0 Å². The minimum Gasteiger partial charge on any atom is -0.494 e. The van der Waals surface area contributed by atoms with E-state index in [9.17, 15) is 0 Å². The van der Waals surface area contributed by atoms with Crippen molar-refractivity contribution in [1.82, 2.24) is 0 Å². The van der Waals surface area contributed by atoms with Gasteiger partial charge < -0.3 is 15.8 Å². The third-order valence-electron chi connectivity index (χ3n) is 2.77. The van der Waals surface area contributed by atoms with Gasteiger partial charge in [0.25, 0.3) is 0 Å². The molecule has 0 atom stereocenters. The molecule has 0 radical (unpaired) electrons. The highest BCUT2D eigenvalue weighted by molar-refractivity contribution is 5.48. The summed E-state index contributed by atoms with van der Waals surface area (Å²) in [5.41, 5.74) is 6.60. The molecule has 0 amide bonds. The smallest absolute Gasteiger partial charge is 0.121 e. The Bertz CT molecular complexity index is 315. The van der Waals surface area contributed by atoms with Gasteiger partial charge in [0, 0.05) is 18.3 Å². The van der Waals surface area contributed by atoms with Crippen molar-refractivity contribution in [2.45, 2.75) is 39.0 Å². The van der Waals surface area contributed by atoms with E-state index >= 15 is 0 Å². The topological polar surface area (TPSA) is 47.3 Å². The molecule has 0 heterocycles. The standard InChI is InChI=1S/C15H26N2O/c1-2-12-18-15-9-7-8-14(13-15)17-11-6-4-3-5-10-16/h7-9,13,17H,2-6,10-12,16H2,1H3. The average molecular weight is 250 g/mol. The molecule has 3 heteroatoms. The van der Waals surface area contributed by atoms with E-state index in [-0.39, 0.29) is 0 Å². The molecule has 3 nitrogen and oxygen atoms in total. The van der Waals surface area contributed by atoms with Gasteiger partial charge in [-0.3, -0.25) is 0 Å². The van der Waals surface area contributed by atoms with E-state index in [1.54, 1.807) is 0 Å². The van der Waals surface area contributed by atoms with Crippen LogP contribution in [0.1, 0.15) is 39.0 Å². The molecule has 0 aliphatic rings. The Hall–Kier alpha value is -1.22. The Morgan fingerprint density at radius 2 is 2.00 bits per heavy atom. The van der Waals surface area contributed by atoms with Crippen molar-refractivity contribution in [3.63, 3.8) is 0 Å². The second-order valence-corrected chi connectivity index (χ2v) is 4.51. The summed E-state index contributed by atoms with van der Waals surface area (Å²) in [6.45, 7) is 4.72. The molecule has 3 N–H and O–H groups in total. The van der Waals surface area contributed by atoms with Crippen LogP contribution < -0.4 is 15.8 Å². The van der Waals surface area contributed by atoms with E-state index in [4.69, 9.17) is 10.5 Å². The fourth-order valence-corrected chi connectivity index (χ4v) is 1.77. The van der Waals surface area contributed by atoms with Gasteiger partial charge in [-0.25, -0.2) is 0 Å². The zero-order chi connectivity index (χ0) is 13.1. The normalized spacial score (nSPS) is 10.3. The molecule has 0 fully saturated rings. The van der Waals surface area contributed by atoms with Crippen LogP contribution in [0.4, 0.5) is 5.69 Å². The van der Waals surface area contributed by atoms with E-state index in [1.165, 1.54) is 19.3 Å². The van der Waals surface area contributed by atoms with Crippen molar-refractivity contribution in [3.8, 4) is 5.75 Å². The van der Waals surface area contributed by atoms with E-state index in [0.29, 0.717) is 0 Å². The number of unbranched alkanes of at least 4 members (excludes halogenated alkanes) is 3. The Kier molecular flexibility index (Phi) is 8.06. The predicted octanol–water partition coefficient (Wildman–Crippen LogP) is 3.41. The quantitative estimate of drug-likeness (QED) is 0.626. The number of rotatable bonds is 10. The minimum absolute atomic E-state index is 0.780. The molecular weight excluding hydrogens is 224 g/mol. The summed E-state index contributed by atoms with van der Waals surface area (Å²) in [6.07, 6.45) is 5.85. The largest absolute Gasteiger partial charge is 0.494 e. The van der Waals surface area contributed by atoms with E-state index in [2.05, 4.69) is 24.4 Å². The fraction of sp³-hybridized carbons (Fsp3) is 0.600. The third-order valence-corrected chi connectivity index (χ3v) is 2.77. The van der Waals surface area contributed by atoms with E-state index in [1.807, 2.05) is 12.1 Å². The van der Waals surface area contributed by atoms with Gasteiger partial charge in [0.05, 0.1) is 6.61 Å². The summed E-state index contributed by atoms with van der Waals surface area (Å²) >= 11 is 0. The number of hydrogen-bond acceptors (Lipinski definition) is 3. The van der Waals surface area contributed by atoms with Crippen molar-refractivity contribution < 1.29 is 4.74 Å². The molecule has 102 valence electrons. The van der Waals surface area contributed by atoms with Gasteiger partial charge in [-0.1, -0.05) is 25.8 Å². The van der Waals surface area contributed by atoms with Gasteiger partial charge >= 0.3 is 0 Å². The lowest BCUT2D eigenvalue weighted by Crippen LogP contribution is -2.03. The molecule has 1 rings (SSSR count). The number of hydrogen-bond donors (Lipinski definition) is 2. The molecule has 0 saturated heterocycles. The first kappa shape index (κ1) is 14.8. The molecule has 0 aliphatic heterocycles. The summed E-state index contributed by atoms with van der Waals surface area (Å²) in [7, 11) is 0. The second-order valence-electron chi connectivity index (χ2n) is 4.51. The molecule has 18 heavy (non-hydrogen) atoms. The maximum Gasteiger partial charge on any atom is 0.121 e. The van der Waals surface area contributed by atoms with E-state index in [0.717, 1.165) is 44.0 Å². The molecule has 0 spiro atoms. The van der Waals surface area contributed by atoms with Gasteiger partial charge in [0.15, 0.2) is 0 Å². The molecule has 0 aliphatic carbocycles. The number of ether oxygens (including phenoxy) is 1. The lowest BCUT2D eigenvalue weighted by molar-refractivity contribution is 0.317. The van der Waals surface area contributed by atoms with Crippen LogP contribution in [-0.4, -0.2) is 19.7 Å². The number of benzene rings is 1. The average Bonchev–Trinajstić information content (AvgIpc) is 2.41. The van der Waals surface area contributed by atoms with E-state index < -0.39 is 0 Å². The first-order valence-corrected chi connectivity index (χ1v) is 7.03. The second kappa shape index (κ2) is 9.77. The molecule has 1 aromatic carbocycles. The third kappa shape index (κ3) is 6.50. The van der Waals surface area contributed by atoms with Gasteiger partial charge in [0.1, 0.15) is 5.75 Å². The first-order valence-electron chi connectivity index (χ1n) is 7.03. The maximum absolute atomic E-state index is 5.60. The summed E-state index contributed by atoms with van der Waals surface area (Å²) in [5.74, 6) is 0.949. The van der Waals surface area contributed by atoms with Crippen LogP contribution in [0, 0.1) is 0 Å². The van der Waals surface area contributed by atoms with Crippen LogP contribution in [0.5, 0.6) is 5.75 Å². The summed E-state index contributed by atoms with van der Waals surface area (Å²) in [6, 6.07) is 8.18. The molecule has 0 unspecified atom stereocenters. The van der Waals surface area contributed by atoms with Gasteiger partial charge in [-0.05, 0) is 37.9 Å². The Morgan fingerprint density at radius 1 is 1.17 bits per heavy atom. The fourth-order valence-electron chi connectivity index (χ4n) is 1.77. The number of nitrogens with two attached hydrogens (primary N) is 1. The summed E-state index contributed by atoms with van der Waals surface area (Å²) in [4.78, 5) is 0. The van der Waals surface area contributed by atoms with Crippen molar-refractivity contribution >= 4 is 5.69 Å². The Morgan fingerprint density at radius 3 is 2.78 bits per heavy atom. The Balaban J connectivity index is 2.20. The maximum atomic E-state index is 5.60. The van der Waals surface area contributed by atoms with Crippen molar-refractivity contribution in [3.05, 3.63) is 24.3 Å². The molecular formula is C15H26N2O. The highest BCUT2D eigenvalue weighted by atomic mass is 16.5. The van der Waals surface area contributed by atoms with Crippen LogP contribution in [0.15, 0.2) is 24.3 Å². The molecule has 0 aromatic heterocycles. The van der Waals surface area contributed by atoms with Gasteiger partial charge in [-0.2, -0.15) is 0 Å². The van der Waals surface area contributed by atoms with Crippen LogP contribution in [0.25, 0.3) is 0 Å². The van der Waals surface area contributed by atoms with Crippen molar-refractivity contribution in [1.29, 1.82) is 0 Å². The predicted molar refractivity (Wildman–Crippen MR) is 78.2 cm³/mol. The molecule has 1 aromatic rings. The monoisotopic (exact) mass is 250 g/mol.